The second kappa shape index (κ2) is 12.6. The van der Waals surface area contributed by atoms with E-state index in [1.165, 1.54) is 74.5 Å². The molecule has 8 aromatic rings. The van der Waals surface area contributed by atoms with Crippen molar-refractivity contribution >= 4 is 38.3 Å². The summed E-state index contributed by atoms with van der Waals surface area (Å²) in [5.74, 6) is 1.26. The van der Waals surface area contributed by atoms with E-state index >= 15 is 0 Å². The van der Waals surface area contributed by atoms with Crippen LogP contribution in [0.5, 0.6) is 5.75 Å². The normalized spacial score (nSPS) is 16.6. The number of phenolic OH excluding ortho intramolecular Hbond substituents is 1. The van der Waals surface area contributed by atoms with Gasteiger partial charge in [0, 0.05) is 28.7 Å². The number of rotatable bonds is 4. The summed E-state index contributed by atoms with van der Waals surface area (Å²) in [5, 5.41) is 14.3. The third-order valence-corrected chi connectivity index (χ3v) is 12.9. The highest BCUT2D eigenvalue weighted by atomic mass is 16.3. The Hall–Kier alpha value is -5.42. The Labute approximate surface area is 316 Å². The number of benzene rings is 4. The molecule has 0 saturated heterocycles. The van der Waals surface area contributed by atoms with Crippen molar-refractivity contribution in [1.29, 1.82) is 0 Å². The van der Waals surface area contributed by atoms with E-state index < -0.39 is 0 Å². The Bertz CT molecular complexity index is 2690. The van der Waals surface area contributed by atoms with Crippen molar-refractivity contribution < 1.29 is 9.52 Å². The molecule has 2 fully saturated rings. The summed E-state index contributed by atoms with van der Waals surface area (Å²) in [6.07, 6.45) is 16.7. The first-order chi connectivity index (χ1) is 26.2. The fraction of sp³-hybridized carbons (Fsp3) is 0.306. The zero-order valence-corrected chi connectivity index (χ0v) is 31.5. The molecule has 4 aromatic heterocycles. The van der Waals surface area contributed by atoms with Crippen molar-refractivity contribution in [2.24, 2.45) is 5.41 Å². The number of hydrogen-bond donors (Lipinski definition) is 1. The first-order valence-corrected chi connectivity index (χ1v) is 19.9. The van der Waals surface area contributed by atoms with Crippen LogP contribution >= 0.6 is 0 Å². The number of pyridine rings is 2. The van der Waals surface area contributed by atoms with Gasteiger partial charge in [-0.2, -0.15) is 0 Å². The van der Waals surface area contributed by atoms with Crippen LogP contribution < -0.4 is 0 Å². The predicted octanol–water partition coefficient (Wildman–Crippen LogP) is 13.4. The molecular weight excluding hydrogens is 663 g/mol. The summed E-state index contributed by atoms with van der Waals surface area (Å²) in [6, 6.07) is 34.5. The predicted molar refractivity (Wildman–Crippen MR) is 221 cm³/mol. The Kier molecular flexibility index (Phi) is 7.73. The van der Waals surface area contributed by atoms with Gasteiger partial charge >= 0.3 is 0 Å². The number of nitrogens with zero attached hydrogens (tertiary/aromatic N) is 3. The lowest BCUT2D eigenvalue weighted by Crippen LogP contribution is -2.29. The fourth-order valence-corrected chi connectivity index (χ4v) is 9.77. The van der Waals surface area contributed by atoms with Crippen LogP contribution in [-0.2, 0) is 5.41 Å². The van der Waals surface area contributed by atoms with Gasteiger partial charge in [0.25, 0.3) is 0 Å². The van der Waals surface area contributed by atoms with Crippen LogP contribution in [0, 0.1) is 5.41 Å². The molecule has 1 spiro atoms. The molecule has 0 amide bonds. The molecule has 1 N–H and O–H groups in total. The number of phenols is 1. The van der Waals surface area contributed by atoms with Crippen molar-refractivity contribution in [3.05, 3.63) is 121 Å². The summed E-state index contributed by atoms with van der Waals surface area (Å²) in [5.41, 5.74) is 11.7. The molecule has 0 unspecified atom stereocenters. The van der Waals surface area contributed by atoms with Gasteiger partial charge in [-0.15, -0.1) is 0 Å². The highest BCUT2D eigenvalue weighted by Gasteiger charge is 2.36. The Balaban J connectivity index is 1.02. The number of aromatic nitrogens is 3. The topological polar surface area (TPSA) is 63.6 Å². The van der Waals surface area contributed by atoms with E-state index in [2.05, 4.69) is 104 Å². The maximum atomic E-state index is 11.1. The molecule has 270 valence electrons. The summed E-state index contributed by atoms with van der Waals surface area (Å²) in [7, 11) is 0. The third-order valence-electron chi connectivity index (χ3n) is 12.9. The average molecular weight is 710 g/mol. The van der Waals surface area contributed by atoms with Crippen LogP contribution in [0.2, 0.25) is 0 Å². The van der Waals surface area contributed by atoms with E-state index in [4.69, 9.17) is 14.4 Å². The number of hydrogen-bond acceptors (Lipinski definition) is 4. The standard InChI is InChI=1S/C49H47N3O2/c1-48(2,3)36-14-16-38(43(53)30-36)47-51-46-44(54-47)18-17-42-45(46)39-28-35(13-15-37(39)41-8-7-27-52(41)42)40-29-34(21-26-50-40)32-11-9-31(10-12-32)33-19-24-49(25-20-33)22-5-4-6-23-49/h7-18,21,26-30,33,53H,4-6,19-20,22-25H2,1-3H3. The molecule has 0 bridgehead atoms. The van der Waals surface area contributed by atoms with E-state index in [1.807, 2.05) is 30.5 Å². The van der Waals surface area contributed by atoms with Crippen LogP contribution in [0.25, 0.3) is 72.1 Å². The van der Waals surface area contributed by atoms with Gasteiger partial charge in [0.15, 0.2) is 5.58 Å². The smallest absolute Gasteiger partial charge is 0.231 e. The lowest BCUT2D eigenvalue weighted by atomic mass is 9.62. The second-order valence-electron chi connectivity index (χ2n) is 17.2. The number of oxazole rings is 1. The van der Waals surface area contributed by atoms with Crippen molar-refractivity contribution in [1.82, 2.24) is 14.4 Å². The largest absolute Gasteiger partial charge is 0.507 e. The molecule has 5 nitrogen and oxygen atoms in total. The third kappa shape index (κ3) is 5.59. The Morgan fingerprint density at radius 3 is 2.31 bits per heavy atom. The fourth-order valence-electron chi connectivity index (χ4n) is 9.77. The molecule has 0 radical (unpaired) electrons. The van der Waals surface area contributed by atoms with E-state index in [1.54, 1.807) is 0 Å². The number of aromatic hydroxyl groups is 1. The summed E-state index contributed by atoms with van der Waals surface area (Å²) >= 11 is 0. The summed E-state index contributed by atoms with van der Waals surface area (Å²) < 4.78 is 8.60. The van der Waals surface area contributed by atoms with Crippen molar-refractivity contribution in [3.63, 3.8) is 0 Å². The van der Waals surface area contributed by atoms with Gasteiger partial charge < -0.3 is 13.9 Å². The van der Waals surface area contributed by atoms with Crippen molar-refractivity contribution in [3.8, 4) is 39.6 Å². The second-order valence-corrected chi connectivity index (χ2v) is 17.2. The first-order valence-electron chi connectivity index (χ1n) is 19.9. The zero-order chi connectivity index (χ0) is 36.6. The van der Waals surface area contributed by atoms with Crippen molar-refractivity contribution in [2.75, 3.05) is 0 Å². The molecule has 0 aliphatic heterocycles. The molecule has 54 heavy (non-hydrogen) atoms. The van der Waals surface area contributed by atoms with E-state index in [0.717, 1.165) is 49.5 Å². The highest BCUT2D eigenvalue weighted by molar-refractivity contribution is 6.21. The zero-order valence-electron chi connectivity index (χ0n) is 31.5. The van der Waals surface area contributed by atoms with E-state index in [9.17, 15) is 5.11 Å². The van der Waals surface area contributed by atoms with Crippen LogP contribution in [0.15, 0.2) is 114 Å². The highest BCUT2D eigenvalue weighted by Crippen LogP contribution is 2.51. The van der Waals surface area contributed by atoms with Crippen LogP contribution in [0.4, 0.5) is 0 Å². The minimum Gasteiger partial charge on any atom is -0.507 e. The lowest BCUT2D eigenvalue weighted by molar-refractivity contribution is 0.114. The minimum absolute atomic E-state index is 0.0851. The van der Waals surface area contributed by atoms with Crippen molar-refractivity contribution in [2.45, 2.75) is 89.9 Å². The van der Waals surface area contributed by atoms with E-state index in [0.29, 0.717) is 28.4 Å². The van der Waals surface area contributed by atoms with Crippen LogP contribution in [0.1, 0.15) is 95.6 Å². The van der Waals surface area contributed by atoms with Gasteiger partial charge in [0.2, 0.25) is 5.89 Å². The molecule has 5 heteroatoms. The van der Waals surface area contributed by atoms with Gasteiger partial charge in [-0.3, -0.25) is 4.98 Å². The summed E-state index contributed by atoms with van der Waals surface area (Å²) in [4.78, 5) is 9.95. The maximum Gasteiger partial charge on any atom is 0.231 e. The quantitative estimate of drug-likeness (QED) is 0.185. The average Bonchev–Trinajstić information content (AvgIpc) is 3.87. The van der Waals surface area contributed by atoms with Gasteiger partial charge in [0.1, 0.15) is 11.3 Å². The van der Waals surface area contributed by atoms with E-state index in [-0.39, 0.29) is 11.2 Å². The molecule has 4 heterocycles. The van der Waals surface area contributed by atoms with Crippen LogP contribution in [-0.4, -0.2) is 19.5 Å². The van der Waals surface area contributed by atoms with Gasteiger partial charge in [0.05, 0.1) is 22.3 Å². The number of fused-ring (bicyclic) bond motifs is 8. The Morgan fingerprint density at radius 2 is 1.54 bits per heavy atom. The van der Waals surface area contributed by atoms with Gasteiger partial charge in [-0.1, -0.05) is 82.5 Å². The molecule has 2 saturated carbocycles. The molecule has 2 aliphatic rings. The Morgan fingerprint density at radius 1 is 0.741 bits per heavy atom. The first kappa shape index (κ1) is 33.2. The monoisotopic (exact) mass is 709 g/mol. The van der Waals surface area contributed by atoms with Gasteiger partial charge in [-0.05, 0) is 138 Å². The van der Waals surface area contributed by atoms with Gasteiger partial charge in [-0.25, -0.2) is 4.98 Å². The minimum atomic E-state index is -0.0851. The molecular formula is C49H47N3O2. The van der Waals surface area contributed by atoms with Crippen LogP contribution in [0.3, 0.4) is 0 Å². The molecule has 0 atom stereocenters. The molecule has 4 aromatic carbocycles. The molecule has 2 aliphatic carbocycles. The lowest BCUT2D eigenvalue weighted by Gasteiger charge is -2.43. The molecule has 10 rings (SSSR count). The SMILES string of the molecule is CC(C)(C)c1ccc(-c2nc3c(ccc4c3c3cc(-c5cc(-c6ccc(C7CCC8(CCCCC8)CC7)cc6)ccn5)ccc3c3cccn34)o2)c(O)c1. The maximum absolute atomic E-state index is 11.1. The summed E-state index contributed by atoms with van der Waals surface area (Å²) in [6.45, 7) is 6.41.